The number of fused-ring (bicyclic) bond motifs is 1. The highest BCUT2D eigenvalue weighted by Gasteiger charge is 2.09. The molecule has 0 bridgehead atoms. The van der Waals surface area contributed by atoms with Crippen molar-refractivity contribution in [1.82, 2.24) is 19.6 Å². The number of para-hydroxylation sites is 1. The van der Waals surface area contributed by atoms with E-state index in [-0.39, 0.29) is 11.4 Å². The zero-order valence-electron chi connectivity index (χ0n) is 13.6. The number of anilines is 2. The van der Waals surface area contributed by atoms with Gasteiger partial charge < -0.3 is 5.32 Å². The van der Waals surface area contributed by atoms with E-state index in [1.165, 1.54) is 39.6 Å². The minimum absolute atomic E-state index is 0.143. The molecule has 1 aromatic carbocycles. The zero-order valence-corrected chi connectivity index (χ0v) is 16.8. The Balaban J connectivity index is 1.47. The van der Waals surface area contributed by atoms with Gasteiger partial charge in [-0.05, 0) is 40.2 Å². The third-order valence-electron chi connectivity index (χ3n) is 3.54. The minimum atomic E-state index is -0.352. The van der Waals surface area contributed by atoms with E-state index < -0.39 is 0 Å². The molecule has 27 heavy (non-hydrogen) atoms. The Bertz CT molecular complexity index is 1180. The Hall–Kier alpha value is -2.30. The zero-order chi connectivity index (χ0) is 18.8. The van der Waals surface area contributed by atoms with Crippen LogP contribution in [-0.2, 0) is 5.75 Å². The second-order valence-electron chi connectivity index (χ2n) is 5.43. The number of halogens is 2. The van der Waals surface area contributed by atoms with Gasteiger partial charge in [-0.3, -0.25) is 9.20 Å². The van der Waals surface area contributed by atoms with Crippen LogP contribution in [0.2, 0.25) is 0 Å². The molecule has 6 nitrogen and oxygen atoms in total. The maximum absolute atomic E-state index is 13.7. The Morgan fingerprint density at radius 3 is 2.93 bits per heavy atom. The van der Waals surface area contributed by atoms with Gasteiger partial charge in [0.05, 0.1) is 11.4 Å². The lowest BCUT2D eigenvalue weighted by atomic mass is 10.3. The molecule has 0 radical (unpaired) electrons. The fourth-order valence-electron chi connectivity index (χ4n) is 2.33. The van der Waals surface area contributed by atoms with Crippen LogP contribution >= 0.6 is 39.0 Å². The van der Waals surface area contributed by atoms with Gasteiger partial charge in [-0.1, -0.05) is 35.2 Å². The summed E-state index contributed by atoms with van der Waals surface area (Å²) in [5.41, 5.74) is 1.45. The molecule has 1 N–H and O–H groups in total. The number of aromatic nitrogens is 4. The second kappa shape index (κ2) is 7.75. The molecule has 4 aromatic rings. The lowest BCUT2D eigenvalue weighted by molar-refractivity contribution is 0.632. The molecule has 0 spiro atoms. The molecule has 0 aliphatic carbocycles. The summed E-state index contributed by atoms with van der Waals surface area (Å²) in [6, 6.07) is 11.5. The fraction of sp³-hybridized carbons (Fsp3) is 0.0588. The molecule has 0 aliphatic rings. The minimum Gasteiger partial charge on any atom is -0.328 e. The van der Waals surface area contributed by atoms with Crippen LogP contribution in [-0.4, -0.2) is 19.6 Å². The lowest BCUT2D eigenvalue weighted by Crippen LogP contribution is -2.15. The molecular formula is C17H11BrFN5OS2. The average molecular weight is 464 g/mol. The van der Waals surface area contributed by atoms with E-state index in [1.54, 1.807) is 30.5 Å². The van der Waals surface area contributed by atoms with E-state index in [4.69, 9.17) is 0 Å². The molecular weight excluding hydrogens is 453 g/mol. The molecule has 10 heteroatoms. The van der Waals surface area contributed by atoms with Crippen LogP contribution in [0.5, 0.6) is 0 Å². The molecule has 136 valence electrons. The van der Waals surface area contributed by atoms with Gasteiger partial charge in [0.1, 0.15) is 11.5 Å². The van der Waals surface area contributed by atoms with E-state index in [2.05, 4.69) is 36.4 Å². The Kier molecular flexibility index (Phi) is 5.19. The van der Waals surface area contributed by atoms with Gasteiger partial charge in [-0.15, -0.1) is 10.2 Å². The number of rotatable bonds is 5. The van der Waals surface area contributed by atoms with Crippen molar-refractivity contribution >= 4 is 55.5 Å². The van der Waals surface area contributed by atoms with Crippen LogP contribution in [0.25, 0.3) is 5.65 Å². The molecule has 0 saturated carbocycles. The number of hydrogen-bond donors (Lipinski definition) is 1. The van der Waals surface area contributed by atoms with Crippen molar-refractivity contribution in [2.75, 3.05) is 5.32 Å². The highest BCUT2D eigenvalue weighted by atomic mass is 79.9. The molecule has 0 saturated heterocycles. The molecule has 0 aliphatic heterocycles. The number of nitrogens with one attached hydrogen (secondary N) is 1. The second-order valence-corrected chi connectivity index (χ2v) is 8.54. The van der Waals surface area contributed by atoms with E-state index >= 15 is 0 Å². The van der Waals surface area contributed by atoms with Gasteiger partial charge in [0.25, 0.3) is 5.56 Å². The first-order valence-corrected chi connectivity index (χ1v) is 10.3. The first kappa shape index (κ1) is 18.1. The molecule has 4 rings (SSSR count). The Morgan fingerprint density at radius 1 is 1.22 bits per heavy atom. The van der Waals surface area contributed by atoms with Crippen molar-refractivity contribution in [3.63, 3.8) is 0 Å². The van der Waals surface area contributed by atoms with Crippen LogP contribution in [0.15, 0.2) is 62.3 Å². The number of benzene rings is 1. The smallest absolute Gasteiger partial charge is 0.258 e. The SMILES string of the molecule is O=c1cc(CSc2nnc(Nc3ccccc3F)s2)nc2ccc(Br)cn12. The van der Waals surface area contributed by atoms with Crippen molar-refractivity contribution in [2.45, 2.75) is 10.1 Å². The fourth-order valence-corrected chi connectivity index (χ4v) is 4.33. The van der Waals surface area contributed by atoms with Crippen LogP contribution in [0.4, 0.5) is 15.2 Å². The van der Waals surface area contributed by atoms with Crippen LogP contribution in [0, 0.1) is 5.82 Å². The van der Waals surface area contributed by atoms with Crippen molar-refractivity contribution < 1.29 is 4.39 Å². The highest BCUT2D eigenvalue weighted by Crippen LogP contribution is 2.30. The Labute approximate surface area is 169 Å². The summed E-state index contributed by atoms with van der Waals surface area (Å²) >= 11 is 6.07. The summed E-state index contributed by atoms with van der Waals surface area (Å²) in [5, 5.41) is 11.5. The summed E-state index contributed by atoms with van der Waals surface area (Å²) in [6.45, 7) is 0. The maximum Gasteiger partial charge on any atom is 0.258 e. The summed E-state index contributed by atoms with van der Waals surface area (Å²) < 4.78 is 16.7. The predicted octanol–water partition coefficient (Wildman–Crippen LogP) is 4.48. The summed E-state index contributed by atoms with van der Waals surface area (Å²) in [6.07, 6.45) is 1.69. The molecule has 0 amide bonds. The van der Waals surface area contributed by atoms with Crippen molar-refractivity contribution in [3.05, 3.63) is 75.0 Å². The van der Waals surface area contributed by atoms with Crippen molar-refractivity contribution in [3.8, 4) is 0 Å². The van der Waals surface area contributed by atoms with Crippen LogP contribution < -0.4 is 10.9 Å². The highest BCUT2D eigenvalue weighted by molar-refractivity contribution is 9.10. The summed E-state index contributed by atoms with van der Waals surface area (Å²) in [7, 11) is 0. The van der Waals surface area contributed by atoms with E-state index in [0.717, 1.165) is 4.47 Å². The lowest BCUT2D eigenvalue weighted by Gasteiger charge is -2.03. The topological polar surface area (TPSA) is 72.2 Å². The first-order chi connectivity index (χ1) is 13.1. The molecule has 0 unspecified atom stereocenters. The predicted molar refractivity (Wildman–Crippen MR) is 108 cm³/mol. The van der Waals surface area contributed by atoms with Gasteiger partial charge in [0, 0.05) is 22.5 Å². The summed E-state index contributed by atoms with van der Waals surface area (Å²) in [5.74, 6) is 0.130. The first-order valence-electron chi connectivity index (χ1n) is 7.74. The maximum atomic E-state index is 13.7. The average Bonchev–Trinajstić information content (AvgIpc) is 3.10. The third kappa shape index (κ3) is 4.18. The monoisotopic (exact) mass is 463 g/mol. The molecule has 3 aromatic heterocycles. The van der Waals surface area contributed by atoms with E-state index in [0.29, 0.717) is 32.3 Å². The van der Waals surface area contributed by atoms with Crippen LogP contribution in [0.1, 0.15) is 5.69 Å². The third-order valence-corrected chi connectivity index (χ3v) is 6.02. The normalized spacial score (nSPS) is 11.0. The van der Waals surface area contributed by atoms with Crippen molar-refractivity contribution in [2.24, 2.45) is 0 Å². The van der Waals surface area contributed by atoms with Gasteiger partial charge in [0.15, 0.2) is 4.34 Å². The quantitative estimate of drug-likeness (QED) is 0.439. The summed E-state index contributed by atoms with van der Waals surface area (Å²) in [4.78, 5) is 16.7. The van der Waals surface area contributed by atoms with E-state index in [1.807, 2.05) is 6.07 Å². The number of hydrogen-bond acceptors (Lipinski definition) is 7. The number of pyridine rings is 1. The molecule has 0 fully saturated rings. The van der Waals surface area contributed by atoms with Gasteiger partial charge in [0.2, 0.25) is 5.13 Å². The molecule has 3 heterocycles. The van der Waals surface area contributed by atoms with E-state index in [9.17, 15) is 9.18 Å². The molecule has 0 atom stereocenters. The van der Waals surface area contributed by atoms with Gasteiger partial charge in [-0.25, -0.2) is 9.37 Å². The Morgan fingerprint density at radius 2 is 2.07 bits per heavy atom. The number of thioether (sulfide) groups is 1. The van der Waals surface area contributed by atoms with Gasteiger partial charge >= 0.3 is 0 Å². The largest absolute Gasteiger partial charge is 0.328 e. The number of nitrogens with zero attached hydrogens (tertiary/aromatic N) is 4. The van der Waals surface area contributed by atoms with Crippen molar-refractivity contribution in [1.29, 1.82) is 0 Å². The van der Waals surface area contributed by atoms with Crippen LogP contribution in [0.3, 0.4) is 0 Å². The van der Waals surface area contributed by atoms with Gasteiger partial charge in [-0.2, -0.15) is 0 Å². The standard InChI is InChI=1S/C17H11BrFN5OS2/c18-10-5-6-14-20-11(7-15(25)24(14)8-10)9-26-17-23-22-16(27-17)21-13-4-2-1-3-12(13)19/h1-8H,9H2,(H,21,22).